The van der Waals surface area contributed by atoms with E-state index in [9.17, 15) is 13.5 Å². The third-order valence-electron chi connectivity index (χ3n) is 5.20. The van der Waals surface area contributed by atoms with Crippen molar-refractivity contribution < 1.29 is 18.3 Å². The number of ether oxygens (including phenoxy) is 1. The summed E-state index contributed by atoms with van der Waals surface area (Å²) in [5.74, 6) is 1.03. The Hall–Kier alpha value is -2.23. The lowest BCUT2D eigenvalue weighted by Gasteiger charge is -2.27. The molecule has 31 heavy (non-hydrogen) atoms. The number of fused-ring (bicyclic) bond motifs is 1. The summed E-state index contributed by atoms with van der Waals surface area (Å²) in [4.78, 5) is 9.06. The second kappa shape index (κ2) is 9.10. The highest BCUT2D eigenvalue weighted by atomic mass is 79.9. The first-order valence-corrected chi connectivity index (χ1v) is 13.0. The molecule has 0 aliphatic heterocycles. The molecule has 1 saturated carbocycles. The predicted molar refractivity (Wildman–Crippen MR) is 124 cm³/mol. The zero-order chi connectivity index (χ0) is 22.0. The molecule has 1 heterocycles. The average Bonchev–Trinajstić information content (AvgIpc) is 2.71. The second-order valence-electron chi connectivity index (χ2n) is 7.95. The zero-order valence-corrected chi connectivity index (χ0v) is 19.5. The minimum atomic E-state index is -3.12. The first kappa shape index (κ1) is 22.0. The molecule has 7 nitrogen and oxygen atoms in total. The summed E-state index contributed by atoms with van der Waals surface area (Å²) in [6.07, 6.45) is 5.80. The molecule has 9 heteroatoms. The van der Waals surface area contributed by atoms with Gasteiger partial charge < -0.3 is 15.2 Å². The van der Waals surface area contributed by atoms with Gasteiger partial charge in [0, 0.05) is 23.5 Å². The van der Waals surface area contributed by atoms with E-state index < -0.39 is 9.84 Å². The molecule has 164 valence electrons. The van der Waals surface area contributed by atoms with E-state index in [-0.39, 0.29) is 18.0 Å². The first-order valence-electron chi connectivity index (χ1n) is 10.1. The molecule has 4 rings (SSSR count). The smallest absolute Gasteiger partial charge is 0.227 e. The maximum atomic E-state index is 11.6. The van der Waals surface area contributed by atoms with E-state index in [0.29, 0.717) is 28.5 Å². The van der Waals surface area contributed by atoms with Gasteiger partial charge >= 0.3 is 0 Å². The van der Waals surface area contributed by atoms with Gasteiger partial charge in [0.2, 0.25) is 5.95 Å². The average molecular weight is 506 g/mol. The van der Waals surface area contributed by atoms with Crippen LogP contribution in [0.5, 0.6) is 5.75 Å². The lowest BCUT2D eigenvalue weighted by atomic mass is 9.95. The molecule has 0 amide bonds. The van der Waals surface area contributed by atoms with E-state index in [1.54, 1.807) is 24.4 Å². The summed E-state index contributed by atoms with van der Waals surface area (Å²) >= 11 is 3.57. The van der Waals surface area contributed by atoms with E-state index in [2.05, 4.69) is 31.2 Å². The summed E-state index contributed by atoms with van der Waals surface area (Å²) in [5.41, 5.74) is 2.09. The minimum absolute atomic E-state index is 0.0257. The van der Waals surface area contributed by atoms with Gasteiger partial charge in [0.15, 0.2) is 15.6 Å². The standard InChI is InChI=1S/C22H24BrN3O4S/c1-31(28,29)13-14-3-2-4-16(11-14)25-22-24-12-15-5-10-19(23)21(20(15)26-22)30-18-8-6-17(27)7-9-18/h2-5,10-12,17-18,27H,6-9,13H2,1H3,(H,24,25,26)/t17-,18+. The number of aliphatic hydroxyl groups is 1. The summed E-state index contributed by atoms with van der Waals surface area (Å²) in [6, 6.07) is 11.0. The summed E-state index contributed by atoms with van der Waals surface area (Å²) < 4.78 is 30.3. The second-order valence-corrected chi connectivity index (χ2v) is 10.9. The number of hydrogen-bond acceptors (Lipinski definition) is 7. The third-order valence-corrected chi connectivity index (χ3v) is 6.68. The van der Waals surface area contributed by atoms with Crippen LogP contribution in [-0.4, -0.2) is 42.0 Å². The summed E-state index contributed by atoms with van der Waals surface area (Å²) in [6.45, 7) is 0. The van der Waals surface area contributed by atoms with Crippen molar-refractivity contribution in [2.24, 2.45) is 0 Å². The van der Waals surface area contributed by atoms with Gasteiger partial charge in [-0.2, -0.15) is 0 Å². The Bertz CT molecular complexity index is 1190. The number of benzene rings is 2. The lowest BCUT2D eigenvalue weighted by molar-refractivity contribution is 0.0669. The first-order chi connectivity index (χ1) is 14.8. The molecule has 1 aliphatic rings. The number of aliphatic hydroxyl groups excluding tert-OH is 1. The molecule has 1 fully saturated rings. The minimum Gasteiger partial charge on any atom is -0.487 e. The summed E-state index contributed by atoms with van der Waals surface area (Å²) in [5, 5.41) is 13.8. The van der Waals surface area contributed by atoms with Crippen molar-refractivity contribution >= 4 is 48.3 Å². The molecule has 0 atom stereocenters. The summed E-state index contributed by atoms with van der Waals surface area (Å²) in [7, 11) is -3.12. The van der Waals surface area contributed by atoms with Crippen LogP contribution in [-0.2, 0) is 15.6 Å². The van der Waals surface area contributed by atoms with Crippen LogP contribution in [0.3, 0.4) is 0 Å². The van der Waals surface area contributed by atoms with Crippen LogP contribution in [0.4, 0.5) is 11.6 Å². The number of nitrogens with one attached hydrogen (secondary N) is 1. The number of anilines is 2. The van der Waals surface area contributed by atoms with Gasteiger partial charge in [0.05, 0.1) is 22.4 Å². The SMILES string of the molecule is CS(=O)(=O)Cc1cccc(Nc2ncc3ccc(Br)c(O[C@H]4CC[C@@H](O)CC4)c3n2)c1. The topological polar surface area (TPSA) is 101 Å². The number of nitrogens with zero attached hydrogens (tertiary/aromatic N) is 2. The molecular weight excluding hydrogens is 482 g/mol. The van der Waals surface area contributed by atoms with Crippen LogP contribution in [0.15, 0.2) is 47.1 Å². The van der Waals surface area contributed by atoms with E-state index in [0.717, 1.165) is 35.5 Å². The molecule has 0 saturated heterocycles. The molecule has 0 radical (unpaired) electrons. The fraction of sp³-hybridized carbons (Fsp3) is 0.364. The van der Waals surface area contributed by atoms with Crippen LogP contribution in [0.1, 0.15) is 31.2 Å². The number of sulfone groups is 1. The maximum Gasteiger partial charge on any atom is 0.227 e. The van der Waals surface area contributed by atoms with Gasteiger partial charge in [-0.1, -0.05) is 12.1 Å². The van der Waals surface area contributed by atoms with Gasteiger partial charge in [0.1, 0.15) is 5.52 Å². The lowest BCUT2D eigenvalue weighted by Crippen LogP contribution is -2.26. The van der Waals surface area contributed by atoms with Crippen LogP contribution < -0.4 is 10.1 Å². The Morgan fingerprint density at radius 1 is 1.19 bits per heavy atom. The number of hydrogen-bond donors (Lipinski definition) is 2. The third kappa shape index (κ3) is 5.72. The van der Waals surface area contributed by atoms with Crippen LogP contribution in [0.25, 0.3) is 10.9 Å². The number of rotatable bonds is 6. The largest absolute Gasteiger partial charge is 0.487 e. The van der Waals surface area contributed by atoms with Crippen LogP contribution >= 0.6 is 15.9 Å². The number of aromatic nitrogens is 2. The molecule has 0 unspecified atom stereocenters. The van der Waals surface area contributed by atoms with Crippen molar-refractivity contribution in [3.8, 4) is 5.75 Å². The van der Waals surface area contributed by atoms with E-state index in [1.807, 2.05) is 18.2 Å². The highest BCUT2D eigenvalue weighted by Crippen LogP contribution is 2.35. The molecule has 1 aromatic heterocycles. The van der Waals surface area contributed by atoms with Gasteiger partial charge in [-0.05, 0) is 71.4 Å². The molecular formula is C22H24BrN3O4S. The Morgan fingerprint density at radius 3 is 2.71 bits per heavy atom. The Balaban J connectivity index is 1.61. The normalized spacial score (nSPS) is 19.3. The molecule has 2 aromatic carbocycles. The van der Waals surface area contributed by atoms with Gasteiger partial charge in [-0.15, -0.1) is 0 Å². The molecule has 3 aromatic rings. The van der Waals surface area contributed by atoms with E-state index in [4.69, 9.17) is 4.74 Å². The fourth-order valence-electron chi connectivity index (χ4n) is 3.72. The van der Waals surface area contributed by atoms with E-state index >= 15 is 0 Å². The van der Waals surface area contributed by atoms with Gasteiger partial charge in [-0.3, -0.25) is 0 Å². The maximum absolute atomic E-state index is 11.6. The van der Waals surface area contributed by atoms with E-state index in [1.165, 1.54) is 6.26 Å². The Kier molecular flexibility index (Phi) is 6.45. The van der Waals surface area contributed by atoms with Gasteiger partial charge in [-0.25, -0.2) is 18.4 Å². The molecule has 1 aliphatic carbocycles. The zero-order valence-electron chi connectivity index (χ0n) is 17.1. The van der Waals surface area contributed by atoms with Crippen molar-refractivity contribution in [1.82, 2.24) is 9.97 Å². The monoisotopic (exact) mass is 505 g/mol. The van der Waals surface area contributed by atoms with Crippen molar-refractivity contribution in [3.63, 3.8) is 0 Å². The Labute approximate surface area is 189 Å². The van der Waals surface area contributed by atoms with Crippen molar-refractivity contribution in [2.45, 2.75) is 43.6 Å². The highest BCUT2D eigenvalue weighted by Gasteiger charge is 2.23. The quantitative estimate of drug-likeness (QED) is 0.512. The Morgan fingerprint density at radius 2 is 1.97 bits per heavy atom. The predicted octanol–water partition coefficient (Wildman–Crippen LogP) is 4.36. The molecule has 0 spiro atoms. The van der Waals surface area contributed by atoms with Crippen LogP contribution in [0, 0.1) is 0 Å². The van der Waals surface area contributed by atoms with Crippen molar-refractivity contribution in [1.29, 1.82) is 0 Å². The van der Waals surface area contributed by atoms with Gasteiger partial charge in [0.25, 0.3) is 0 Å². The van der Waals surface area contributed by atoms with Crippen molar-refractivity contribution in [2.75, 3.05) is 11.6 Å². The van der Waals surface area contributed by atoms with Crippen LogP contribution in [0.2, 0.25) is 0 Å². The fourth-order valence-corrected chi connectivity index (χ4v) is 4.92. The van der Waals surface area contributed by atoms with Crippen molar-refractivity contribution in [3.05, 3.63) is 52.6 Å². The highest BCUT2D eigenvalue weighted by molar-refractivity contribution is 9.10. The molecule has 2 N–H and O–H groups in total. The number of halogens is 1. The molecule has 0 bridgehead atoms.